The zero-order valence-corrected chi connectivity index (χ0v) is 19.2. The van der Waals surface area contributed by atoms with Crippen molar-refractivity contribution >= 4 is 11.4 Å². The van der Waals surface area contributed by atoms with Gasteiger partial charge in [-0.15, -0.1) is 0 Å². The van der Waals surface area contributed by atoms with E-state index in [0.717, 1.165) is 41.7 Å². The lowest BCUT2D eigenvalue weighted by Crippen LogP contribution is -2.35. The third-order valence-corrected chi connectivity index (χ3v) is 5.72. The number of hydrogen-bond acceptors (Lipinski definition) is 2. The minimum absolute atomic E-state index is 0.246. The topological polar surface area (TPSA) is 27.6 Å². The number of benzene rings is 1. The van der Waals surface area contributed by atoms with Crippen molar-refractivity contribution in [1.29, 1.82) is 0 Å². The molecule has 1 aliphatic heterocycles. The maximum atomic E-state index is 14.5. The van der Waals surface area contributed by atoms with E-state index in [1.165, 1.54) is 44.6 Å². The second kappa shape index (κ2) is 12.4. The van der Waals surface area contributed by atoms with Crippen LogP contribution >= 0.6 is 0 Å². The van der Waals surface area contributed by atoms with Gasteiger partial charge in [0.2, 0.25) is 0 Å². The van der Waals surface area contributed by atoms with Crippen molar-refractivity contribution in [2.45, 2.75) is 65.7 Å². The molecule has 1 fully saturated rings. The van der Waals surface area contributed by atoms with Crippen LogP contribution in [0.2, 0.25) is 0 Å². The van der Waals surface area contributed by atoms with Crippen molar-refractivity contribution in [1.82, 2.24) is 10.2 Å². The Morgan fingerprint density at radius 3 is 2.60 bits per heavy atom. The zero-order chi connectivity index (χ0) is 21.9. The molecule has 0 aromatic heterocycles. The Morgan fingerprint density at radius 1 is 1.23 bits per heavy atom. The summed E-state index contributed by atoms with van der Waals surface area (Å²) in [5, 5.41) is 3.38. The fourth-order valence-corrected chi connectivity index (χ4v) is 4.06. The number of halogens is 1. The average Bonchev–Trinajstić information content (AvgIpc) is 3.03. The van der Waals surface area contributed by atoms with Gasteiger partial charge in [-0.25, -0.2) is 4.39 Å². The quantitative estimate of drug-likeness (QED) is 0.538. The number of allylic oxidation sites excluding steroid dienone is 2. The number of hydrogen-bond donors (Lipinski definition) is 1. The van der Waals surface area contributed by atoms with E-state index in [1.807, 2.05) is 51.1 Å². The van der Waals surface area contributed by atoms with Crippen LogP contribution in [0.1, 0.15) is 69.9 Å². The molecule has 0 bridgehead atoms. The van der Waals surface area contributed by atoms with Crippen LogP contribution in [-0.4, -0.2) is 24.3 Å². The lowest BCUT2D eigenvalue weighted by molar-refractivity contribution is 0.434. The monoisotopic (exact) mass is 411 g/mol. The number of nitrogens with one attached hydrogen (secondary N) is 1. The summed E-state index contributed by atoms with van der Waals surface area (Å²) in [6.45, 7) is 10.7. The summed E-state index contributed by atoms with van der Waals surface area (Å²) in [7, 11) is 1.94. The van der Waals surface area contributed by atoms with E-state index < -0.39 is 0 Å². The Bertz CT molecular complexity index is 783. The predicted octanol–water partition coefficient (Wildman–Crippen LogP) is 6.82. The normalized spacial score (nSPS) is 20.2. The average molecular weight is 412 g/mol. The van der Waals surface area contributed by atoms with E-state index >= 15 is 0 Å². The third-order valence-electron chi connectivity index (χ3n) is 5.72. The van der Waals surface area contributed by atoms with E-state index in [0.29, 0.717) is 5.56 Å². The molecule has 4 heteroatoms. The van der Waals surface area contributed by atoms with Crippen molar-refractivity contribution in [3.8, 4) is 0 Å². The predicted molar refractivity (Wildman–Crippen MR) is 128 cm³/mol. The van der Waals surface area contributed by atoms with Crippen molar-refractivity contribution in [3.05, 3.63) is 65.9 Å². The Morgan fingerprint density at radius 2 is 1.93 bits per heavy atom. The lowest BCUT2D eigenvalue weighted by Gasteiger charge is -2.27. The summed E-state index contributed by atoms with van der Waals surface area (Å²) >= 11 is 0. The van der Waals surface area contributed by atoms with Gasteiger partial charge in [0.25, 0.3) is 0 Å². The van der Waals surface area contributed by atoms with Crippen LogP contribution in [0.15, 0.2) is 53.9 Å². The highest BCUT2D eigenvalue weighted by molar-refractivity contribution is 5.96. The molecule has 0 amide bonds. The molecular formula is C26H38FN3. The van der Waals surface area contributed by atoms with Gasteiger partial charge in [-0.05, 0) is 37.5 Å². The van der Waals surface area contributed by atoms with Gasteiger partial charge in [0.1, 0.15) is 17.5 Å². The van der Waals surface area contributed by atoms with Gasteiger partial charge >= 0.3 is 0 Å². The maximum absolute atomic E-state index is 14.5. The fraction of sp³-hybridized carbons (Fsp3) is 0.500. The van der Waals surface area contributed by atoms with Crippen molar-refractivity contribution in [2.24, 2.45) is 10.9 Å². The van der Waals surface area contributed by atoms with Crippen molar-refractivity contribution < 1.29 is 4.39 Å². The van der Waals surface area contributed by atoms with Gasteiger partial charge in [0.15, 0.2) is 0 Å². The van der Waals surface area contributed by atoms with Crippen LogP contribution in [0.5, 0.6) is 0 Å². The van der Waals surface area contributed by atoms with E-state index in [1.54, 1.807) is 12.1 Å². The third kappa shape index (κ3) is 6.58. The van der Waals surface area contributed by atoms with Crippen LogP contribution in [0.4, 0.5) is 4.39 Å². The van der Waals surface area contributed by atoms with E-state index in [9.17, 15) is 4.39 Å². The Hall–Kier alpha value is -2.36. The summed E-state index contributed by atoms with van der Waals surface area (Å²) in [5.74, 6) is 2.19. The van der Waals surface area contributed by atoms with Crippen LogP contribution in [0.25, 0.3) is 5.57 Å². The first-order chi connectivity index (χ1) is 14.6. The van der Waals surface area contributed by atoms with Gasteiger partial charge in [-0.2, -0.15) is 0 Å². The Labute approximate surface area is 182 Å². The summed E-state index contributed by atoms with van der Waals surface area (Å²) in [5.41, 5.74) is 2.31. The van der Waals surface area contributed by atoms with Gasteiger partial charge in [0.05, 0.1) is 0 Å². The van der Waals surface area contributed by atoms with Crippen LogP contribution in [-0.2, 0) is 0 Å². The summed E-state index contributed by atoms with van der Waals surface area (Å²) in [4.78, 5) is 6.72. The number of amidine groups is 1. The molecule has 0 atom stereocenters. The standard InChI is InChI=1S/C24H32FN3.C2H6/c1-4-20(21-17-18(2)11-12-22(21)25)24-27-23(14-16-28(24)3)26-15-13-19-9-7-5-6-8-10-19;1-2/h4,11-12,14,16-17,19H,1,5-10,13,15H2,2-3H3,(H,26,27);1-2H3/b24-20+;. The first-order valence-corrected chi connectivity index (χ1v) is 11.4. The highest BCUT2D eigenvalue weighted by Gasteiger charge is 2.18. The largest absolute Gasteiger partial charge is 0.337 e. The molecule has 3 rings (SSSR count). The summed E-state index contributed by atoms with van der Waals surface area (Å²) in [6, 6.07) is 5.15. The minimum atomic E-state index is -0.246. The number of aryl methyl sites for hydroxylation is 1. The molecule has 1 aromatic carbocycles. The van der Waals surface area contributed by atoms with E-state index in [4.69, 9.17) is 4.99 Å². The molecule has 0 unspecified atom stereocenters. The molecule has 1 aliphatic carbocycles. The molecule has 30 heavy (non-hydrogen) atoms. The number of nitrogens with zero attached hydrogens (tertiary/aromatic N) is 2. The molecule has 0 spiro atoms. The Balaban J connectivity index is 0.00000155. The van der Waals surface area contributed by atoms with Crippen molar-refractivity contribution in [2.75, 3.05) is 13.6 Å². The molecular weight excluding hydrogens is 373 g/mol. The SMILES string of the molecule is C=C/C(=C1/NC(=NCCC2CCCCCC2)C=CN1C)c1cc(C)ccc1F.CC. The second-order valence-electron chi connectivity index (χ2n) is 7.91. The van der Waals surface area contributed by atoms with E-state index in [-0.39, 0.29) is 5.82 Å². The molecule has 164 valence electrons. The van der Waals surface area contributed by atoms with Crippen LogP contribution in [0.3, 0.4) is 0 Å². The lowest BCUT2D eigenvalue weighted by atomic mass is 9.97. The van der Waals surface area contributed by atoms with E-state index in [2.05, 4.69) is 11.9 Å². The first kappa shape index (κ1) is 23.9. The van der Waals surface area contributed by atoms with Gasteiger partial charge < -0.3 is 10.2 Å². The molecule has 1 saturated carbocycles. The van der Waals surface area contributed by atoms with Crippen molar-refractivity contribution in [3.63, 3.8) is 0 Å². The molecule has 1 aromatic rings. The Kier molecular flexibility index (Phi) is 9.85. The van der Waals surface area contributed by atoms with Crippen LogP contribution in [0, 0.1) is 18.7 Å². The molecule has 2 aliphatic rings. The first-order valence-electron chi connectivity index (χ1n) is 11.4. The maximum Gasteiger partial charge on any atom is 0.131 e. The number of aliphatic imine (C=N–C) groups is 1. The second-order valence-corrected chi connectivity index (χ2v) is 7.91. The fourth-order valence-electron chi connectivity index (χ4n) is 4.06. The molecule has 0 saturated heterocycles. The number of rotatable bonds is 5. The molecule has 3 nitrogen and oxygen atoms in total. The van der Waals surface area contributed by atoms with Gasteiger partial charge in [-0.1, -0.05) is 76.7 Å². The van der Waals surface area contributed by atoms with Crippen LogP contribution < -0.4 is 5.32 Å². The summed E-state index contributed by atoms with van der Waals surface area (Å²) < 4.78 is 14.5. The molecule has 1 heterocycles. The smallest absolute Gasteiger partial charge is 0.131 e. The highest BCUT2D eigenvalue weighted by atomic mass is 19.1. The van der Waals surface area contributed by atoms with Gasteiger partial charge in [0, 0.05) is 30.9 Å². The zero-order valence-electron chi connectivity index (χ0n) is 19.2. The molecule has 0 radical (unpaired) electrons. The minimum Gasteiger partial charge on any atom is -0.337 e. The van der Waals surface area contributed by atoms with Gasteiger partial charge in [-0.3, -0.25) is 4.99 Å². The highest BCUT2D eigenvalue weighted by Crippen LogP contribution is 2.27. The summed E-state index contributed by atoms with van der Waals surface area (Å²) in [6.07, 6.45) is 15.0. The molecule has 1 N–H and O–H groups in total.